The van der Waals surface area contributed by atoms with Gasteiger partial charge in [0.05, 0.1) is 27.8 Å². The van der Waals surface area contributed by atoms with Gasteiger partial charge in [-0.15, -0.1) is 0 Å². The second kappa shape index (κ2) is 10.3. The minimum absolute atomic E-state index is 0.144. The van der Waals surface area contributed by atoms with Crippen molar-refractivity contribution < 1.29 is 22.7 Å². The summed E-state index contributed by atoms with van der Waals surface area (Å²) in [6, 6.07) is 13.3. The fraction of sp³-hybridized carbons (Fsp3) is 0.217. The SMILES string of the molecule is O=C(/C=C/c1cnc2ccccc2n1)OCC(=O)N1CCN(S(=O)(=O)c2ccc(Cl)cc2)CC1. The van der Waals surface area contributed by atoms with Crippen LogP contribution in [0.5, 0.6) is 0 Å². The number of ether oxygens (including phenoxy) is 1. The summed E-state index contributed by atoms with van der Waals surface area (Å²) in [5.41, 5.74) is 1.93. The smallest absolute Gasteiger partial charge is 0.331 e. The van der Waals surface area contributed by atoms with E-state index in [0.29, 0.717) is 16.2 Å². The molecule has 0 spiro atoms. The van der Waals surface area contributed by atoms with Gasteiger partial charge in [0, 0.05) is 37.3 Å². The maximum atomic E-state index is 12.7. The topological polar surface area (TPSA) is 110 Å². The number of benzene rings is 2. The van der Waals surface area contributed by atoms with E-state index in [1.165, 1.54) is 51.8 Å². The molecule has 11 heteroatoms. The molecule has 1 saturated heterocycles. The van der Waals surface area contributed by atoms with Gasteiger partial charge in [0.15, 0.2) is 6.61 Å². The van der Waals surface area contributed by atoms with Crippen molar-refractivity contribution in [3.8, 4) is 0 Å². The molecule has 0 bridgehead atoms. The first-order valence-electron chi connectivity index (χ1n) is 10.4. The third-order valence-corrected chi connectivity index (χ3v) is 7.40. The Morgan fingerprint density at radius 1 is 1.00 bits per heavy atom. The Hall–Kier alpha value is -3.34. The van der Waals surface area contributed by atoms with Crippen LogP contribution in [0.4, 0.5) is 0 Å². The highest BCUT2D eigenvalue weighted by Crippen LogP contribution is 2.20. The quantitative estimate of drug-likeness (QED) is 0.377. The highest BCUT2D eigenvalue weighted by molar-refractivity contribution is 7.89. The molecule has 0 N–H and O–H groups in total. The number of halogens is 1. The Morgan fingerprint density at radius 2 is 1.68 bits per heavy atom. The van der Waals surface area contributed by atoms with Crippen molar-refractivity contribution in [1.29, 1.82) is 0 Å². The molecule has 0 radical (unpaired) electrons. The van der Waals surface area contributed by atoms with Gasteiger partial charge < -0.3 is 9.64 Å². The number of esters is 1. The molecule has 1 amide bonds. The standard InChI is InChI=1S/C23H21ClN4O5S/c24-17-5-8-19(9-6-17)34(31,32)28-13-11-27(12-14-28)22(29)16-33-23(30)10-7-18-15-25-20-3-1-2-4-21(20)26-18/h1-10,15H,11-14,16H2/b10-7+. The van der Waals surface area contributed by atoms with Crippen molar-refractivity contribution >= 4 is 50.6 Å². The van der Waals surface area contributed by atoms with Gasteiger partial charge in [-0.3, -0.25) is 9.78 Å². The molecule has 1 aliphatic rings. The molecule has 0 unspecified atom stereocenters. The summed E-state index contributed by atoms with van der Waals surface area (Å²) in [5.74, 6) is -1.08. The number of rotatable bonds is 6. The normalized spacial score (nSPS) is 15.0. The van der Waals surface area contributed by atoms with E-state index in [2.05, 4.69) is 9.97 Å². The average molecular weight is 501 g/mol. The molecule has 0 saturated carbocycles. The van der Waals surface area contributed by atoms with Gasteiger partial charge in [-0.25, -0.2) is 18.2 Å². The lowest BCUT2D eigenvalue weighted by atomic mass is 10.3. The van der Waals surface area contributed by atoms with E-state index in [1.807, 2.05) is 24.3 Å². The van der Waals surface area contributed by atoms with Gasteiger partial charge in [-0.1, -0.05) is 23.7 Å². The van der Waals surface area contributed by atoms with E-state index >= 15 is 0 Å². The van der Waals surface area contributed by atoms with Crippen LogP contribution in [0.15, 0.2) is 65.7 Å². The molecule has 2 heterocycles. The van der Waals surface area contributed by atoms with E-state index in [4.69, 9.17) is 16.3 Å². The number of piperazine rings is 1. The fourth-order valence-corrected chi connectivity index (χ4v) is 4.96. The van der Waals surface area contributed by atoms with E-state index < -0.39 is 28.5 Å². The number of hydrogen-bond donors (Lipinski definition) is 0. The van der Waals surface area contributed by atoms with Gasteiger partial charge in [0.25, 0.3) is 5.91 Å². The zero-order chi connectivity index (χ0) is 24.1. The maximum Gasteiger partial charge on any atom is 0.331 e. The summed E-state index contributed by atoms with van der Waals surface area (Å²) in [5, 5.41) is 0.448. The zero-order valence-electron chi connectivity index (χ0n) is 18.0. The van der Waals surface area contributed by atoms with Crippen LogP contribution in [0, 0.1) is 0 Å². The molecular formula is C23H21ClN4O5S. The molecule has 176 valence electrons. The lowest BCUT2D eigenvalue weighted by Crippen LogP contribution is -2.51. The molecule has 0 aliphatic carbocycles. The Balaban J connectivity index is 1.26. The van der Waals surface area contributed by atoms with Crippen LogP contribution in [0.1, 0.15) is 5.69 Å². The van der Waals surface area contributed by atoms with Crippen molar-refractivity contribution in [2.75, 3.05) is 32.8 Å². The largest absolute Gasteiger partial charge is 0.452 e. The van der Waals surface area contributed by atoms with Crippen LogP contribution in [0.25, 0.3) is 17.1 Å². The van der Waals surface area contributed by atoms with Gasteiger partial charge in [-0.2, -0.15) is 4.31 Å². The van der Waals surface area contributed by atoms with Gasteiger partial charge in [0.1, 0.15) is 0 Å². The Labute approximate surface area is 201 Å². The van der Waals surface area contributed by atoms with Crippen LogP contribution < -0.4 is 0 Å². The first-order valence-corrected chi connectivity index (χ1v) is 12.2. The second-order valence-electron chi connectivity index (χ2n) is 7.46. The van der Waals surface area contributed by atoms with E-state index in [0.717, 1.165) is 5.52 Å². The number of aromatic nitrogens is 2. The van der Waals surface area contributed by atoms with Crippen LogP contribution in [-0.4, -0.2) is 72.3 Å². The lowest BCUT2D eigenvalue weighted by molar-refractivity contribution is -0.148. The average Bonchev–Trinajstić information content (AvgIpc) is 2.86. The molecule has 1 aliphatic heterocycles. The van der Waals surface area contributed by atoms with Crippen molar-refractivity contribution in [2.24, 2.45) is 0 Å². The molecule has 1 aromatic heterocycles. The second-order valence-corrected chi connectivity index (χ2v) is 9.84. The van der Waals surface area contributed by atoms with Gasteiger partial charge in [0.2, 0.25) is 10.0 Å². The first-order chi connectivity index (χ1) is 16.3. The number of sulfonamides is 1. The molecule has 0 atom stereocenters. The third-order valence-electron chi connectivity index (χ3n) is 5.24. The highest BCUT2D eigenvalue weighted by Gasteiger charge is 2.30. The first kappa shape index (κ1) is 23.8. The predicted octanol–water partition coefficient (Wildman–Crippen LogP) is 2.37. The van der Waals surface area contributed by atoms with E-state index in [-0.39, 0.29) is 31.1 Å². The van der Waals surface area contributed by atoms with Crippen LogP contribution in [0.3, 0.4) is 0 Å². The van der Waals surface area contributed by atoms with Crippen LogP contribution >= 0.6 is 11.6 Å². The molecule has 9 nitrogen and oxygen atoms in total. The summed E-state index contributed by atoms with van der Waals surface area (Å²) < 4.78 is 31.8. The summed E-state index contributed by atoms with van der Waals surface area (Å²) >= 11 is 5.83. The van der Waals surface area contributed by atoms with Gasteiger partial charge in [-0.05, 0) is 42.5 Å². The summed E-state index contributed by atoms with van der Waals surface area (Å²) in [6.07, 6.45) is 4.18. The number of nitrogens with zero attached hydrogens (tertiary/aromatic N) is 4. The Bertz CT molecular complexity index is 1340. The summed E-state index contributed by atoms with van der Waals surface area (Å²) in [7, 11) is -3.67. The number of fused-ring (bicyclic) bond motifs is 1. The van der Waals surface area contributed by atoms with Crippen molar-refractivity contribution in [3.05, 3.63) is 71.5 Å². The molecule has 1 fully saturated rings. The van der Waals surface area contributed by atoms with Crippen LogP contribution in [-0.2, 0) is 24.3 Å². The Kier molecular flexibility index (Phi) is 7.20. The van der Waals surface area contributed by atoms with E-state index in [9.17, 15) is 18.0 Å². The van der Waals surface area contributed by atoms with Crippen molar-refractivity contribution in [3.63, 3.8) is 0 Å². The molecule has 4 rings (SSSR count). The number of carbonyl (C=O) groups is 2. The molecule has 34 heavy (non-hydrogen) atoms. The maximum absolute atomic E-state index is 12.7. The summed E-state index contributed by atoms with van der Waals surface area (Å²) in [6.45, 7) is 0.254. The number of para-hydroxylation sites is 2. The fourth-order valence-electron chi connectivity index (χ4n) is 3.41. The lowest BCUT2D eigenvalue weighted by Gasteiger charge is -2.33. The van der Waals surface area contributed by atoms with E-state index in [1.54, 1.807) is 0 Å². The third kappa shape index (κ3) is 5.58. The monoisotopic (exact) mass is 500 g/mol. The predicted molar refractivity (Wildman–Crippen MR) is 126 cm³/mol. The zero-order valence-corrected chi connectivity index (χ0v) is 19.6. The van der Waals surface area contributed by atoms with Crippen molar-refractivity contribution in [1.82, 2.24) is 19.2 Å². The van der Waals surface area contributed by atoms with Crippen LogP contribution in [0.2, 0.25) is 5.02 Å². The number of amides is 1. The number of hydrogen-bond acceptors (Lipinski definition) is 7. The highest BCUT2D eigenvalue weighted by atomic mass is 35.5. The minimum atomic E-state index is -3.67. The summed E-state index contributed by atoms with van der Waals surface area (Å²) in [4.78, 5) is 34.7. The van der Waals surface area contributed by atoms with Crippen molar-refractivity contribution in [2.45, 2.75) is 4.90 Å². The Morgan fingerprint density at radius 3 is 2.38 bits per heavy atom. The molecular weight excluding hydrogens is 480 g/mol. The molecule has 3 aromatic rings. The molecule has 2 aromatic carbocycles. The number of carbonyl (C=O) groups excluding carboxylic acids is 2. The minimum Gasteiger partial charge on any atom is -0.452 e. The van der Waals surface area contributed by atoms with Gasteiger partial charge >= 0.3 is 5.97 Å².